The molecule has 0 aromatic heterocycles. The molecule has 6 aliphatic rings. The van der Waals surface area contributed by atoms with Crippen LogP contribution < -0.4 is 0 Å². The molecule has 0 aromatic rings. The number of aliphatic hydroxyl groups excluding tert-OH is 1. The van der Waals surface area contributed by atoms with Gasteiger partial charge in [-0.25, -0.2) is 9.59 Å². The van der Waals surface area contributed by atoms with Gasteiger partial charge >= 0.3 is 11.9 Å². The molecule has 1 N–H and O–H groups in total. The summed E-state index contributed by atoms with van der Waals surface area (Å²) in [5.41, 5.74) is 1.09. The van der Waals surface area contributed by atoms with E-state index in [9.17, 15) is 14.7 Å². The number of allylic oxidation sites excluding steroid dienone is 5. The normalized spacial score (nSPS) is 35.7. The van der Waals surface area contributed by atoms with Crippen molar-refractivity contribution < 1.29 is 24.2 Å². The molecular formula is C31H42O5. The first-order valence-electron chi connectivity index (χ1n) is 14.3. The monoisotopic (exact) mass is 494 g/mol. The minimum absolute atomic E-state index is 0.0393. The number of carbonyl (C=O) groups excluding carboxylic acids is 2. The number of unbranched alkanes of at least 4 members (excludes halogenated alkanes) is 1. The lowest BCUT2D eigenvalue weighted by atomic mass is 9.38. The van der Waals surface area contributed by atoms with Gasteiger partial charge in [-0.2, -0.15) is 0 Å². The average molecular weight is 495 g/mol. The second kappa shape index (κ2) is 9.63. The first-order chi connectivity index (χ1) is 17.3. The number of esters is 2. The third-order valence-electron chi connectivity index (χ3n) is 9.76. The highest BCUT2D eigenvalue weighted by Gasteiger charge is 2.74. The van der Waals surface area contributed by atoms with Gasteiger partial charge in [-0.1, -0.05) is 46.6 Å². The van der Waals surface area contributed by atoms with Crippen molar-refractivity contribution in [3.63, 3.8) is 0 Å². The minimum atomic E-state index is -0.697. The van der Waals surface area contributed by atoms with E-state index in [1.54, 1.807) is 0 Å². The summed E-state index contributed by atoms with van der Waals surface area (Å²) >= 11 is 0. The number of rotatable bonds is 9. The highest BCUT2D eigenvalue weighted by molar-refractivity contribution is 6.01. The first kappa shape index (κ1) is 25.5. The number of fused-ring (bicyclic) bond motifs is 1. The Morgan fingerprint density at radius 2 is 1.94 bits per heavy atom. The molecule has 4 aliphatic carbocycles. The van der Waals surface area contributed by atoms with E-state index in [1.165, 1.54) is 0 Å². The predicted octanol–water partition coefficient (Wildman–Crippen LogP) is 6.54. The van der Waals surface area contributed by atoms with Crippen molar-refractivity contribution in [3.8, 4) is 0 Å². The van der Waals surface area contributed by atoms with Gasteiger partial charge in [0.15, 0.2) is 0 Å². The third kappa shape index (κ3) is 3.52. The number of ether oxygens (including phenoxy) is 2. The molecule has 5 heteroatoms. The maximum absolute atomic E-state index is 13.7. The lowest BCUT2D eigenvalue weighted by Crippen LogP contribution is -2.60. The van der Waals surface area contributed by atoms with E-state index < -0.39 is 10.8 Å². The molecule has 1 saturated carbocycles. The number of carbonyl (C=O) groups is 2. The van der Waals surface area contributed by atoms with E-state index in [-0.39, 0.29) is 30.4 Å². The Morgan fingerprint density at radius 3 is 2.64 bits per heavy atom. The predicted molar refractivity (Wildman–Crippen MR) is 138 cm³/mol. The first-order valence-corrected chi connectivity index (χ1v) is 14.3. The molecule has 2 fully saturated rings. The summed E-state index contributed by atoms with van der Waals surface area (Å²) in [6.07, 6.45) is 15.3. The van der Waals surface area contributed by atoms with Crippen molar-refractivity contribution in [2.75, 3.05) is 6.61 Å². The Labute approximate surface area is 215 Å². The van der Waals surface area contributed by atoms with Crippen molar-refractivity contribution >= 4 is 11.9 Å². The fourth-order valence-electron chi connectivity index (χ4n) is 8.18. The summed E-state index contributed by atoms with van der Waals surface area (Å²) in [6.45, 7) is 8.75. The highest BCUT2D eigenvalue weighted by atomic mass is 16.6. The van der Waals surface area contributed by atoms with Gasteiger partial charge in [0.25, 0.3) is 0 Å². The Hall–Kier alpha value is -2.14. The molecule has 6 rings (SSSR count). The van der Waals surface area contributed by atoms with E-state index in [0.29, 0.717) is 24.0 Å². The van der Waals surface area contributed by atoms with Crippen LogP contribution in [0.15, 0.2) is 46.5 Å². The second-order valence-corrected chi connectivity index (χ2v) is 11.9. The number of aliphatic hydroxyl groups is 1. The van der Waals surface area contributed by atoms with Crippen LogP contribution in [0.5, 0.6) is 0 Å². The van der Waals surface area contributed by atoms with Crippen molar-refractivity contribution in [2.45, 2.75) is 91.9 Å². The summed E-state index contributed by atoms with van der Waals surface area (Å²) in [7, 11) is 0. The SMILES string of the molecule is CCCC=C1OC(=O)C2=C1CCC1C3C=C4C(=O)OC(=CC(CC)CCC(C)C)C4(CC3)C21CCO. The van der Waals surface area contributed by atoms with Crippen LogP contribution >= 0.6 is 0 Å². The molecule has 2 aliphatic heterocycles. The van der Waals surface area contributed by atoms with Gasteiger partial charge in [0, 0.05) is 23.2 Å². The Morgan fingerprint density at radius 1 is 1.14 bits per heavy atom. The fraction of sp³-hybridized carbons (Fsp3) is 0.677. The molecule has 5 atom stereocenters. The Balaban J connectivity index is 1.71. The molecule has 1 spiro atoms. The minimum Gasteiger partial charge on any atom is -0.427 e. The molecule has 0 radical (unpaired) electrons. The van der Waals surface area contributed by atoms with Crippen molar-refractivity contribution in [1.82, 2.24) is 0 Å². The van der Waals surface area contributed by atoms with Crippen LogP contribution in [0.4, 0.5) is 0 Å². The average Bonchev–Trinajstić information content (AvgIpc) is 3.35. The van der Waals surface area contributed by atoms with Crippen molar-refractivity contribution in [3.05, 3.63) is 46.5 Å². The summed E-state index contributed by atoms with van der Waals surface area (Å²) in [5, 5.41) is 10.5. The van der Waals surface area contributed by atoms with Crippen molar-refractivity contribution in [2.24, 2.45) is 34.5 Å². The molecule has 2 bridgehead atoms. The maximum atomic E-state index is 13.7. The topological polar surface area (TPSA) is 72.8 Å². The van der Waals surface area contributed by atoms with E-state index in [1.807, 2.05) is 0 Å². The third-order valence-corrected chi connectivity index (χ3v) is 9.76. The number of hydrogen-bond acceptors (Lipinski definition) is 5. The number of hydrogen-bond donors (Lipinski definition) is 1. The zero-order valence-corrected chi connectivity index (χ0v) is 22.4. The van der Waals surface area contributed by atoms with Crippen LogP contribution in [0.25, 0.3) is 0 Å². The molecule has 0 aromatic carbocycles. The maximum Gasteiger partial charge on any atom is 0.340 e. The van der Waals surface area contributed by atoms with E-state index >= 15 is 0 Å². The van der Waals surface area contributed by atoms with Gasteiger partial charge in [0.05, 0.1) is 11.0 Å². The zero-order valence-electron chi connectivity index (χ0n) is 22.4. The van der Waals surface area contributed by atoms with Crippen LogP contribution in [0.1, 0.15) is 91.9 Å². The summed E-state index contributed by atoms with van der Waals surface area (Å²) < 4.78 is 12.1. The van der Waals surface area contributed by atoms with Gasteiger partial charge in [-0.3, -0.25) is 0 Å². The van der Waals surface area contributed by atoms with Crippen LogP contribution in [0.2, 0.25) is 0 Å². The zero-order chi connectivity index (χ0) is 25.7. The quantitative estimate of drug-likeness (QED) is 0.368. The molecule has 1 saturated heterocycles. The van der Waals surface area contributed by atoms with Crippen LogP contribution in [-0.2, 0) is 19.1 Å². The molecule has 0 amide bonds. The summed E-state index contributed by atoms with van der Waals surface area (Å²) in [6, 6.07) is 0. The fourth-order valence-corrected chi connectivity index (χ4v) is 8.18. The van der Waals surface area contributed by atoms with Crippen molar-refractivity contribution in [1.29, 1.82) is 0 Å². The smallest absolute Gasteiger partial charge is 0.340 e. The lowest BCUT2D eigenvalue weighted by Gasteiger charge is -2.62. The van der Waals surface area contributed by atoms with Gasteiger partial charge in [0.2, 0.25) is 0 Å². The lowest BCUT2D eigenvalue weighted by molar-refractivity contribution is -0.138. The van der Waals surface area contributed by atoms with Gasteiger partial charge < -0.3 is 14.6 Å². The number of cyclic esters (lactones) is 2. The summed E-state index contributed by atoms with van der Waals surface area (Å²) in [4.78, 5) is 27.1. The largest absolute Gasteiger partial charge is 0.427 e. The second-order valence-electron chi connectivity index (χ2n) is 11.9. The summed E-state index contributed by atoms with van der Waals surface area (Å²) in [5.74, 6) is 2.22. The molecule has 36 heavy (non-hydrogen) atoms. The molecular weight excluding hydrogens is 452 g/mol. The molecule has 196 valence electrons. The van der Waals surface area contributed by atoms with Crippen LogP contribution in [0.3, 0.4) is 0 Å². The standard InChI is InChI=1S/C31H42O5/c1-5-7-8-25-22-11-12-23-21-13-14-30(31(23,15-16-32)27(22)29(34)35-25)24(18-21)28(33)36-26(30)17-20(6-2)10-9-19(3)4/h8,17-21,23,32H,5-7,9-16H2,1-4H3. The van der Waals surface area contributed by atoms with Crippen LogP contribution in [-0.4, -0.2) is 23.7 Å². The molecule has 5 unspecified atom stereocenters. The molecule has 5 nitrogen and oxygen atoms in total. The Bertz CT molecular complexity index is 1060. The molecule has 2 heterocycles. The van der Waals surface area contributed by atoms with Gasteiger partial charge in [-0.15, -0.1) is 0 Å². The van der Waals surface area contributed by atoms with Crippen LogP contribution in [0, 0.1) is 34.5 Å². The van der Waals surface area contributed by atoms with E-state index in [4.69, 9.17) is 9.47 Å². The van der Waals surface area contributed by atoms with Gasteiger partial charge in [0.1, 0.15) is 11.5 Å². The van der Waals surface area contributed by atoms with Gasteiger partial charge in [-0.05, 0) is 87.2 Å². The van der Waals surface area contributed by atoms with E-state index in [2.05, 4.69) is 45.9 Å². The highest BCUT2D eigenvalue weighted by Crippen LogP contribution is 2.76. The Kier molecular flexibility index (Phi) is 6.82. The van der Waals surface area contributed by atoms with E-state index in [0.717, 1.165) is 80.3 Å².